The average molecular weight is 454 g/mol. The molecule has 32 heavy (non-hydrogen) atoms. The van der Waals surface area contributed by atoms with E-state index in [1.54, 1.807) is 32.0 Å². The summed E-state index contributed by atoms with van der Waals surface area (Å²) < 4.78 is 15.6. The summed E-state index contributed by atoms with van der Waals surface area (Å²) in [5.74, 6) is -0.574. The molecule has 2 aromatic heterocycles. The van der Waals surface area contributed by atoms with Gasteiger partial charge in [-0.15, -0.1) is 11.3 Å². The molecule has 0 fully saturated rings. The Balaban J connectivity index is 1.71. The standard InChI is InChI=1S/C24H23NO6S/c1-4-29-24(28)19-14-20(17-8-6-5-7-9-17)32-23(19)25-22(27)16(3)31-21(26)13-12-18-11-10-15(2)30-18/h5-14,16H,4H2,1-3H3,(H,25,27). The second kappa shape index (κ2) is 10.6. The van der Waals surface area contributed by atoms with Crippen molar-refractivity contribution in [1.29, 1.82) is 0 Å². The van der Waals surface area contributed by atoms with E-state index in [0.717, 1.165) is 10.4 Å². The van der Waals surface area contributed by atoms with Gasteiger partial charge in [0.15, 0.2) is 6.10 Å². The molecule has 0 aliphatic carbocycles. The number of furan rings is 1. The third-order valence-electron chi connectivity index (χ3n) is 4.33. The van der Waals surface area contributed by atoms with Crippen molar-refractivity contribution in [2.45, 2.75) is 26.9 Å². The maximum absolute atomic E-state index is 12.6. The fraction of sp³-hybridized carbons (Fsp3) is 0.208. The molecular weight excluding hydrogens is 430 g/mol. The highest BCUT2D eigenvalue weighted by atomic mass is 32.1. The van der Waals surface area contributed by atoms with Gasteiger partial charge in [0.1, 0.15) is 16.5 Å². The Morgan fingerprint density at radius 3 is 2.56 bits per heavy atom. The first-order chi connectivity index (χ1) is 15.4. The highest BCUT2D eigenvalue weighted by molar-refractivity contribution is 7.20. The maximum atomic E-state index is 12.6. The Morgan fingerprint density at radius 1 is 1.16 bits per heavy atom. The van der Waals surface area contributed by atoms with Crippen LogP contribution < -0.4 is 5.32 Å². The third kappa shape index (κ3) is 5.95. The molecule has 1 unspecified atom stereocenters. The fourth-order valence-electron chi connectivity index (χ4n) is 2.76. The van der Waals surface area contributed by atoms with Crippen molar-refractivity contribution >= 4 is 40.3 Å². The van der Waals surface area contributed by atoms with E-state index in [1.165, 1.54) is 30.4 Å². The minimum absolute atomic E-state index is 0.207. The number of carbonyl (C=O) groups excluding carboxylic acids is 3. The molecule has 3 rings (SSSR count). The predicted molar refractivity (Wildman–Crippen MR) is 122 cm³/mol. The molecule has 3 aromatic rings. The molecule has 1 atom stereocenters. The monoisotopic (exact) mass is 453 g/mol. The number of thiophene rings is 1. The molecule has 0 spiro atoms. The summed E-state index contributed by atoms with van der Waals surface area (Å²) in [5.41, 5.74) is 1.15. The van der Waals surface area contributed by atoms with Gasteiger partial charge in [0.25, 0.3) is 5.91 Å². The van der Waals surface area contributed by atoms with Gasteiger partial charge >= 0.3 is 11.9 Å². The molecule has 0 bridgehead atoms. The normalized spacial score (nSPS) is 11.8. The number of ether oxygens (including phenoxy) is 2. The number of anilines is 1. The second-order valence-electron chi connectivity index (χ2n) is 6.79. The molecule has 1 N–H and O–H groups in total. The van der Waals surface area contributed by atoms with E-state index in [0.29, 0.717) is 16.5 Å². The van der Waals surface area contributed by atoms with Crippen molar-refractivity contribution < 1.29 is 28.3 Å². The van der Waals surface area contributed by atoms with Crippen molar-refractivity contribution in [3.63, 3.8) is 0 Å². The largest absolute Gasteiger partial charge is 0.462 e. The first-order valence-corrected chi connectivity index (χ1v) is 10.8. The molecule has 7 nitrogen and oxygen atoms in total. The van der Waals surface area contributed by atoms with Crippen LogP contribution in [-0.2, 0) is 19.1 Å². The summed E-state index contributed by atoms with van der Waals surface area (Å²) in [6, 6.07) is 14.6. The Bertz CT molecular complexity index is 1130. The van der Waals surface area contributed by atoms with Gasteiger partial charge in [0, 0.05) is 11.0 Å². The molecular formula is C24H23NO6S. The number of nitrogens with one attached hydrogen (secondary N) is 1. The van der Waals surface area contributed by atoms with Gasteiger partial charge in [-0.05, 0) is 50.6 Å². The SMILES string of the molecule is CCOC(=O)c1cc(-c2ccccc2)sc1NC(=O)C(C)OC(=O)C=Cc1ccc(C)o1. The van der Waals surface area contributed by atoms with Crippen LogP contribution in [-0.4, -0.2) is 30.6 Å². The molecule has 0 saturated carbocycles. The summed E-state index contributed by atoms with van der Waals surface area (Å²) in [5, 5.41) is 3.01. The third-order valence-corrected chi connectivity index (χ3v) is 5.43. The predicted octanol–water partition coefficient (Wildman–Crippen LogP) is 5.08. The van der Waals surface area contributed by atoms with Crippen LogP contribution in [0.4, 0.5) is 5.00 Å². The molecule has 0 saturated heterocycles. The van der Waals surface area contributed by atoms with Gasteiger partial charge in [0.2, 0.25) is 0 Å². The van der Waals surface area contributed by atoms with Crippen LogP contribution in [0, 0.1) is 6.92 Å². The number of amides is 1. The van der Waals surface area contributed by atoms with Crippen LogP contribution in [0.2, 0.25) is 0 Å². The number of rotatable bonds is 8. The lowest BCUT2D eigenvalue weighted by atomic mass is 10.1. The molecule has 0 aliphatic heterocycles. The van der Waals surface area contributed by atoms with E-state index in [2.05, 4.69) is 5.32 Å². The molecule has 1 amide bonds. The second-order valence-corrected chi connectivity index (χ2v) is 7.84. The van der Waals surface area contributed by atoms with E-state index >= 15 is 0 Å². The minimum atomic E-state index is -1.08. The zero-order valence-corrected chi connectivity index (χ0v) is 18.7. The highest BCUT2D eigenvalue weighted by Gasteiger charge is 2.23. The van der Waals surface area contributed by atoms with Crippen molar-refractivity contribution in [3.8, 4) is 10.4 Å². The summed E-state index contributed by atoms with van der Waals surface area (Å²) in [7, 11) is 0. The Hall–Kier alpha value is -3.65. The summed E-state index contributed by atoms with van der Waals surface area (Å²) in [6.45, 7) is 5.16. The lowest BCUT2D eigenvalue weighted by Crippen LogP contribution is -2.29. The molecule has 0 radical (unpaired) electrons. The van der Waals surface area contributed by atoms with Gasteiger partial charge < -0.3 is 19.2 Å². The number of carbonyl (C=O) groups is 3. The zero-order chi connectivity index (χ0) is 23.1. The first-order valence-electron chi connectivity index (χ1n) is 9.99. The zero-order valence-electron chi connectivity index (χ0n) is 17.9. The number of aryl methyl sites for hydroxylation is 1. The van der Waals surface area contributed by atoms with Gasteiger partial charge in [0.05, 0.1) is 12.2 Å². The lowest BCUT2D eigenvalue weighted by molar-refractivity contribution is -0.148. The van der Waals surface area contributed by atoms with Crippen LogP contribution in [0.25, 0.3) is 16.5 Å². The van der Waals surface area contributed by atoms with Gasteiger partial charge in [-0.2, -0.15) is 0 Å². The highest BCUT2D eigenvalue weighted by Crippen LogP contribution is 2.36. The summed E-state index contributed by atoms with van der Waals surface area (Å²) in [4.78, 5) is 37.9. The van der Waals surface area contributed by atoms with Crippen LogP contribution in [0.5, 0.6) is 0 Å². The molecule has 0 aliphatic rings. The van der Waals surface area contributed by atoms with Crippen molar-refractivity contribution in [1.82, 2.24) is 0 Å². The van der Waals surface area contributed by atoms with E-state index in [1.807, 2.05) is 30.3 Å². The van der Waals surface area contributed by atoms with Crippen molar-refractivity contribution in [2.24, 2.45) is 0 Å². The quantitative estimate of drug-likeness (QED) is 0.378. The van der Waals surface area contributed by atoms with E-state index < -0.39 is 23.9 Å². The number of hydrogen-bond acceptors (Lipinski definition) is 7. The van der Waals surface area contributed by atoms with E-state index in [-0.39, 0.29) is 12.2 Å². The van der Waals surface area contributed by atoms with Crippen molar-refractivity contribution in [2.75, 3.05) is 11.9 Å². The molecule has 1 aromatic carbocycles. The number of hydrogen-bond donors (Lipinski definition) is 1. The fourth-order valence-corrected chi connectivity index (χ4v) is 3.82. The van der Waals surface area contributed by atoms with Crippen LogP contribution >= 0.6 is 11.3 Å². The Labute approximate surface area is 189 Å². The molecule has 8 heteroatoms. The topological polar surface area (TPSA) is 94.8 Å². The lowest BCUT2D eigenvalue weighted by Gasteiger charge is -2.12. The van der Waals surface area contributed by atoms with Gasteiger partial charge in [-0.1, -0.05) is 30.3 Å². The smallest absolute Gasteiger partial charge is 0.341 e. The summed E-state index contributed by atoms with van der Waals surface area (Å²) >= 11 is 1.24. The van der Waals surface area contributed by atoms with Crippen LogP contribution in [0.15, 0.2) is 59.0 Å². The van der Waals surface area contributed by atoms with Crippen LogP contribution in [0.3, 0.4) is 0 Å². The Kier molecular flexibility index (Phi) is 7.62. The number of esters is 2. The Morgan fingerprint density at radius 2 is 1.91 bits per heavy atom. The maximum Gasteiger partial charge on any atom is 0.341 e. The van der Waals surface area contributed by atoms with Crippen molar-refractivity contribution in [3.05, 3.63) is 71.7 Å². The average Bonchev–Trinajstić information content (AvgIpc) is 3.39. The van der Waals surface area contributed by atoms with Gasteiger partial charge in [-0.3, -0.25) is 4.79 Å². The van der Waals surface area contributed by atoms with E-state index in [9.17, 15) is 14.4 Å². The van der Waals surface area contributed by atoms with Gasteiger partial charge in [-0.25, -0.2) is 9.59 Å². The first kappa shape index (κ1) is 23.0. The molecule has 166 valence electrons. The van der Waals surface area contributed by atoms with E-state index in [4.69, 9.17) is 13.9 Å². The van der Waals surface area contributed by atoms with Crippen LogP contribution in [0.1, 0.15) is 35.7 Å². The summed E-state index contributed by atoms with van der Waals surface area (Å²) in [6.07, 6.45) is 1.57. The number of benzene rings is 1. The minimum Gasteiger partial charge on any atom is -0.462 e. The molecule has 2 heterocycles.